The molecule has 7 heteroatoms. The number of nitrogens with zero attached hydrogens (tertiary/aromatic N) is 2. The average molecular weight is 374 g/mol. The van der Waals surface area contributed by atoms with Crippen LogP contribution in [-0.2, 0) is 9.59 Å². The predicted molar refractivity (Wildman–Crippen MR) is 99.7 cm³/mol. The molecule has 0 fully saturated rings. The van der Waals surface area contributed by atoms with Crippen molar-refractivity contribution in [2.24, 2.45) is 0 Å². The topological polar surface area (TPSA) is 52.7 Å². The number of rotatable bonds is 7. The third-order valence-corrected chi connectivity index (χ3v) is 4.08. The summed E-state index contributed by atoms with van der Waals surface area (Å²) >= 11 is 12.1. The van der Waals surface area contributed by atoms with Crippen molar-refractivity contribution < 1.29 is 9.59 Å². The molecule has 1 aromatic carbocycles. The van der Waals surface area contributed by atoms with Crippen molar-refractivity contribution in [1.82, 2.24) is 9.80 Å². The quantitative estimate of drug-likeness (QED) is 0.795. The SMILES string of the molecule is CC(C)N(C(=O)CN(C)CC(=O)Nc1c(Cl)cccc1Cl)C(C)C. The van der Waals surface area contributed by atoms with E-state index in [9.17, 15) is 9.59 Å². The van der Waals surface area contributed by atoms with Crippen molar-refractivity contribution in [3.63, 3.8) is 0 Å². The van der Waals surface area contributed by atoms with E-state index in [4.69, 9.17) is 23.2 Å². The number of anilines is 1. The Labute approximate surface area is 153 Å². The summed E-state index contributed by atoms with van der Waals surface area (Å²) in [5.74, 6) is -0.285. The molecule has 2 amide bonds. The average Bonchev–Trinajstić information content (AvgIpc) is 2.41. The Kier molecular flexibility index (Phi) is 8.00. The molecule has 0 aliphatic carbocycles. The molecule has 24 heavy (non-hydrogen) atoms. The van der Waals surface area contributed by atoms with Gasteiger partial charge in [-0.1, -0.05) is 29.3 Å². The van der Waals surface area contributed by atoms with Gasteiger partial charge in [0.15, 0.2) is 0 Å². The number of likely N-dealkylation sites (N-methyl/N-ethyl adjacent to an activating group) is 1. The molecule has 0 radical (unpaired) electrons. The fourth-order valence-corrected chi connectivity index (χ4v) is 3.07. The number of para-hydroxylation sites is 1. The van der Waals surface area contributed by atoms with Crippen LogP contribution >= 0.6 is 23.2 Å². The molecule has 0 aromatic heterocycles. The first-order chi connectivity index (χ1) is 11.1. The molecule has 0 bridgehead atoms. The first-order valence-electron chi connectivity index (χ1n) is 7.87. The summed E-state index contributed by atoms with van der Waals surface area (Å²) in [7, 11) is 1.73. The molecule has 0 saturated carbocycles. The Morgan fingerprint density at radius 3 is 2.00 bits per heavy atom. The summed E-state index contributed by atoms with van der Waals surface area (Å²) in [4.78, 5) is 28.0. The number of halogens is 2. The van der Waals surface area contributed by atoms with Crippen LogP contribution in [0.25, 0.3) is 0 Å². The molecule has 0 saturated heterocycles. The van der Waals surface area contributed by atoms with E-state index in [2.05, 4.69) is 5.32 Å². The molecule has 0 unspecified atom stereocenters. The van der Waals surface area contributed by atoms with Gasteiger partial charge in [-0.15, -0.1) is 0 Å². The van der Waals surface area contributed by atoms with Gasteiger partial charge in [-0.25, -0.2) is 0 Å². The normalized spacial score (nSPS) is 11.2. The number of hydrogen-bond acceptors (Lipinski definition) is 3. The molecular formula is C17H25Cl2N3O2. The van der Waals surface area contributed by atoms with E-state index in [1.807, 2.05) is 27.7 Å². The van der Waals surface area contributed by atoms with E-state index in [1.54, 1.807) is 35.0 Å². The second-order valence-corrected chi connectivity index (χ2v) is 7.12. The van der Waals surface area contributed by atoms with Crippen molar-refractivity contribution in [3.8, 4) is 0 Å². The minimum Gasteiger partial charge on any atom is -0.337 e. The molecule has 1 rings (SSSR count). The molecule has 0 aliphatic rings. The first kappa shape index (κ1) is 20.7. The fraction of sp³-hybridized carbons (Fsp3) is 0.529. The molecule has 1 aromatic rings. The van der Waals surface area contributed by atoms with Crippen LogP contribution < -0.4 is 5.32 Å². The number of hydrogen-bond donors (Lipinski definition) is 1. The minimum absolute atomic E-state index is 0.00826. The largest absolute Gasteiger partial charge is 0.337 e. The molecule has 1 N–H and O–H groups in total. The van der Waals surface area contributed by atoms with Gasteiger partial charge < -0.3 is 10.2 Å². The highest BCUT2D eigenvalue weighted by Gasteiger charge is 2.22. The number of carbonyl (C=O) groups excluding carboxylic acids is 2. The molecule has 0 atom stereocenters. The summed E-state index contributed by atoms with van der Waals surface area (Å²) in [5, 5.41) is 3.44. The first-order valence-corrected chi connectivity index (χ1v) is 8.62. The van der Waals surface area contributed by atoms with Gasteiger partial charge in [0, 0.05) is 12.1 Å². The summed E-state index contributed by atoms with van der Waals surface area (Å²) in [6.45, 7) is 8.14. The Balaban J connectivity index is 2.63. The monoisotopic (exact) mass is 373 g/mol. The van der Waals surface area contributed by atoms with Gasteiger partial charge >= 0.3 is 0 Å². The van der Waals surface area contributed by atoms with Gasteiger partial charge in [0.1, 0.15) is 0 Å². The Morgan fingerprint density at radius 1 is 1.04 bits per heavy atom. The third-order valence-electron chi connectivity index (χ3n) is 3.45. The summed E-state index contributed by atoms with van der Waals surface area (Å²) in [6, 6.07) is 5.24. The van der Waals surface area contributed by atoms with Crippen LogP contribution in [-0.4, -0.2) is 53.8 Å². The number of amides is 2. The lowest BCUT2D eigenvalue weighted by Crippen LogP contribution is -2.47. The highest BCUT2D eigenvalue weighted by atomic mass is 35.5. The lowest BCUT2D eigenvalue weighted by Gasteiger charge is -2.32. The Hall–Kier alpha value is -1.30. The predicted octanol–water partition coefficient (Wildman–Crippen LogP) is 3.51. The zero-order valence-electron chi connectivity index (χ0n) is 14.8. The van der Waals surface area contributed by atoms with Gasteiger partial charge in [0.25, 0.3) is 0 Å². The molecule has 0 aliphatic heterocycles. The molecule has 134 valence electrons. The van der Waals surface area contributed by atoms with Gasteiger partial charge in [-0.2, -0.15) is 0 Å². The highest BCUT2D eigenvalue weighted by molar-refractivity contribution is 6.39. The third kappa shape index (κ3) is 5.96. The summed E-state index contributed by atoms with van der Waals surface area (Å²) in [5.41, 5.74) is 0.386. The zero-order chi connectivity index (χ0) is 18.4. The van der Waals surface area contributed by atoms with E-state index in [0.29, 0.717) is 15.7 Å². The number of benzene rings is 1. The lowest BCUT2D eigenvalue weighted by atomic mass is 10.2. The maximum absolute atomic E-state index is 12.4. The standard InChI is InChI=1S/C17H25Cl2N3O2/c1-11(2)22(12(3)4)16(24)10-21(5)9-15(23)20-17-13(18)7-6-8-14(17)19/h6-8,11-12H,9-10H2,1-5H3,(H,20,23). The Morgan fingerprint density at radius 2 is 1.54 bits per heavy atom. The van der Waals surface area contributed by atoms with Crippen LogP contribution in [0.5, 0.6) is 0 Å². The second kappa shape index (κ2) is 9.25. The molecule has 0 heterocycles. The van der Waals surface area contributed by atoms with Crippen LogP contribution in [0.4, 0.5) is 5.69 Å². The minimum atomic E-state index is -0.277. The van der Waals surface area contributed by atoms with Crippen LogP contribution in [0.1, 0.15) is 27.7 Å². The van der Waals surface area contributed by atoms with E-state index in [1.165, 1.54) is 0 Å². The van der Waals surface area contributed by atoms with Gasteiger partial charge in [0.2, 0.25) is 11.8 Å². The van der Waals surface area contributed by atoms with Crippen molar-refractivity contribution in [2.45, 2.75) is 39.8 Å². The Bertz CT molecular complexity index is 563. The number of nitrogens with one attached hydrogen (secondary N) is 1. The number of carbonyl (C=O) groups is 2. The molecular weight excluding hydrogens is 349 g/mol. The maximum Gasteiger partial charge on any atom is 0.238 e. The summed E-state index contributed by atoms with van der Waals surface area (Å²) in [6.07, 6.45) is 0. The van der Waals surface area contributed by atoms with Crippen LogP contribution in [0.3, 0.4) is 0 Å². The van der Waals surface area contributed by atoms with Gasteiger partial charge in [-0.05, 0) is 46.9 Å². The van der Waals surface area contributed by atoms with E-state index in [-0.39, 0.29) is 37.0 Å². The van der Waals surface area contributed by atoms with Gasteiger partial charge in [0.05, 0.1) is 28.8 Å². The van der Waals surface area contributed by atoms with E-state index < -0.39 is 0 Å². The van der Waals surface area contributed by atoms with Crippen molar-refractivity contribution in [2.75, 3.05) is 25.5 Å². The van der Waals surface area contributed by atoms with Crippen molar-refractivity contribution >= 4 is 40.7 Å². The summed E-state index contributed by atoms with van der Waals surface area (Å²) < 4.78 is 0. The highest BCUT2D eigenvalue weighted by Crippen LogP contribution is 2.29. The van der Waals surface area contributed by atoms with Crippen LogP contribution in [0.2, 0.25) is 10.0 Å². The second-order valence-electron chi connectivity index (χ2n) is 6.31. The van der Waals surface area contributed by atoms with Crippen LogP contribution in [0, 0.1) is 0 Å². The van der Waals surface area contributed by atoms with Crippen LogP contribution in [0.15, 0.2) is 18.2 Å². The fourth-order valence-electron chi connectivity index (χ4n) is 2.58. The van der Waals surface area contributed by atoms with E-state index in [0.717, 1.165) is 0 Å². The van der Waals surface area contributed by atoms with Crippen molar-refractivity contribution in [3.05, 3.63) is 28.2 Å². The molecule has 0 spiro atoms. The zero-order valence-corrected chi connectivity index (χ0v) is 16.3. The van der Waals surface area contributed by atoms with E-state index >= 15 is 0 Å². The van der Waals surface area contributed by atoms with Gasteiger partial charge in [-0.3, -0.25) is 14.5 Å². The molecule has 5 nitrogen and oxygen atoms in total. The van der Waals surface area contributed by atoms with Crippen molar-refractivity contribution in [1.29, 1.82) is 0 Å². The lowest BCUT2D eigenvalue weighted by molar-refractivity contribution is -0.135. The maximum atomic E-state index is 12.4. The smallest absolute Gasteiger partial charge is 0.238 e.